The first-order chi connectivity index (χ1) is 23.5. The number of amides is 6. The number of nitrogens with two attached hydrogens (primary N) is 3. The minimum Gasteiger partial charge on any atom is -0.370 e. The van der Waals surface area contributed by atoms with Crippen LogP contribution in [-0.4, -0.2) is 103 Å². The lowest BCUT2D eigenvalue weighted by molar-refractivity contribution is -0.134. The molecule has 1 heterocycles. The van der Waals surface area contributed by atoms with Crippen molar-refractivity contribution in [2.24, 2.45) is 39.9 Å². The average Bonchev–Trinajstić information content (AvgIpc) is 3.05. The van der Waals surface area contributed by atoms with Crippen LogP contribution in [0, 0.1) is 17.8 Å². The van der Waals surface area contributed by atoms with E-state index in [4.69, 9.17) is 17.2 Å². The number of nitrogens with one attached hydrogen (secondary N) is 5. The molecule has 11 N–H and O–H groups in total. The lowest BCUT2D eigenvalue weighted by atomic mass is 9.96. The van der Waals surface area contributed by atoms with Crippen LogP contribution in [0.1, 0.15) is 99.3 Å². The summed E-state index contributed by atoms with van der Waals surface area (Å²) in [6.07, 6.45) is 5.45. The molecule has 286 valence electrons. The van der Waals surface area contributed by atoms with Crippen LogP contribution < -0.4 is 43.8 Å². The molecule has 6 amide bonds. The molecule has 0 aromatic rings. The minimum atomic E-state index is -1.07. The van der Waals surface area contributed by atoms with Crippen LogP contribution in [-0.2, 0) is 28.8 Å². The predicted molar refractivity (Wildman–Crippen MR) is 193 cm³/mol. The zero-order valence-corrected chi connectivity index (χ0v) is 31.0. The highest BCUT2D eigenvalue weighted by molar-refractivity contribution is 5.95. The lowest BCUT2D eigenvalue weighted by Gasteiger charge is -2.28. The number of hydrogen-bond acceptors (Lipinski definition) is 8. The van der Waals surface area contributed by atoms with Gasteiger partial charge >= 0.3 is 0 Å². The molecule has 1 aliphatic heterocycles. The summed E-state index contributed by atoms with van der Waals surface area (Å²) in [6, 6.07) is -3.81. The van der Waals surface area contributed by atoms with Crippen LogP contribution in [0.2, 0.25) is 0 Å². The fourth-order valence-electron chi connectivity index (χ4n) is 5.65. The Labute approximate surface area is 297 Å². The molecule has 50 heavy (non-hydrogen) atoms. The second kappa shape index (κ2) is 23.5. The number of primary amides is 1. The summed E-state index contributed by atoms with van der Waals surface area (Å²) in [5, 5.41) is 13.5. The summed E-state index contributed by atoms with van der Waals surface area (Å²) in [5.74, 6) is -3.49. The molecular formula is C34H64N10O6. The number of carbonyl (C=O) groups excluding carboxylic acids is 6. The van der Waals surface area contributed by atoms with Crippen LogP contribution >= 0.6 is 0 Å². The van der Waals surface area contributed by atoms with Gasteiger partial charge in [-0.1, -0.05) is 54.4 Å². The Balaban J connectivity index is 2.93. The van der Waals surface area contributed by atoms with Crippen molar-refractivity contribution in [1.82, 2.24) is 31.5 Å². The van der Waals surface area contributed by atoms with Crippen molar-refractivity contribution in [3.63, 3.8) is 0 Å². The molecule has 0 aliphatic carbocycles. The maximum Gasteiger partial charge on any atom is 0.243 e. The van der Waals surface area contributed by atoms with E-state index < -0.39 is 60.2 Å². The molecule has 0 aromatic heterocycles. The number of likely N-dealkylation sites (tertiary alicyclic amines) is 1. The van der Waals surface area contributed by atoms with Crippen molar-refractivity contribution in [2.75, 3.05) is 32.7 Å². The van der Waals surface area contributed by atoms with Gasteiger partial charge in [-0.05, 0) is 69.4 Å². The van der Waals surface area contributed by atoms with Crippen LogP contribution in [0.5, 0.6) is 0 Å². The monoisotopic (exact) mass is 709 g/mol. The summed E-state index contributed by atoms with van der Waals surface area (Å²) in [4.78, 5) is 84.0. The van der Waals surface area contributed by atoms with Gasteiger partial charge in [0.15, 0.2) is 5.96 Å². The standard InChI is InChI=1S/C34H64N10O6/c1-7-23(6)29(43-32(49)26(19-22(4)5)41-27(45)13-17-44-15-9-8-10-16-44)33(50)39-20-28(46)40-24(12-11-14-38-34(36)37)31(48)42-25(30(35)47)18-21(2)3/h21-26,29H,7-20H2,1-6H3,(H2,35,47)(H,39,50)(H,40,46)(H,41,45)(H,42,48)(H,43,49)(H4,36,37,38)/t23-,24-,25-,26-,29-/m0/s1. The molecule has 0 unspecified atom stereocenters. The van der Waals surface area contributed by atoms with E-state index in [1.165, 1.54) is 6.42 Å². The maximum absolute atomic E-state index is 13.5. The van der Waals surface area contributed by atoms with Gasteiger partial charge in [-0.15, -0.1) is 0 Å². The van der Waals surface area contributed by atoms with E-state index in [1.54, 1.807) is 0 Å². The Morgan fingerprint density at radius 2 is 1.30 bits per heavy atom. The smallest absolute Gasteiger partial charge is 0.243 e. The second-order valence-electron chi connectivity index (χ2n) is 14.2. The SMILES string of the molecule is CC[C@H](C)[C@H](NC(=O)[C@H](CC(C)C)NC(=O)CCN1CCCCC1)C(=O)NCC(=O)N[C@@H](CCCN=C(N)N)C(=O)N[C@@H](CC(C)C)C(N)=O. The number of aliphatic imine (C=N–C) groups is 1. The first kappa shape index (κ1) is 44.1. The number of rotatable bonds is 23. The molecule has 1 fully saturated rings. The zero-order chi connectivity index (χ0) is 37.8. The number of carbonyl (C=O) groups is 6. The van der Waals surface area contributed by atoms with Crippen LogP contribution in [0.25, 0.3) is 0 Å². The quantitative estimate of drug-likeness (QED) is 0.0390. The van der Waals surface area contributed by atoms with Crippen molar-refractivity contribution in [1.29, 1.82) is 0 Å². The first-order valence-electron chi connectivity index (χ1n) is 18.1. The van der Waals surface area contributed by atoms with E-state index >= 15 is 0 Å². The summed E-state index contributed by atoms with van der Waals surface area (Å²) in [5.41, 5.74) is 16.3. The number of guanidine groups is 1. The molecule has 0 saturated carbocycles. The maximum atomic E-state index is 13.5. The van der Waals surface area contributed by atoms with Crippen molar-refractivity contribution >= 4 is 41.4 Å². The van der Waals surface area contributed by atoms with Gasteiger partial charge in [0.1, 0.15) is 24.2 Å². The molecule has 0 aromatic carbocycles. The summed E-state index contributed by atoms with van der Waals surface area (Å²) < 4.78 is 0. The van der Waals surface area contributed by atoms with E-state index in [1.807, 2.05) is 41.5 Å². The van der Waals surface area contributed by atoms with E-state index in [0.717, 1.165) is 25.9 Å². The number of piperidine rings is 1. The van der Waals surface area contributed by atoms with Crippen molar-refractivity contribution in [3.05, 3.63) is 0 Å². The third kappa shape index (κ3) is 18.2. The summed E-state index contributed by atoms with van der Waals surface area (Å²) in [6.45, 7) is 13.6. The Hall–Kier alpha value is -3.95. The van der Waals surface area contributed by atoms with Crippen LogP contribution in [0.3, 0.4) is 0 Å². The Bertz CT molecular complexity index is 1140. The van der Waals surface area contributed by atoms with Crippen molar-refractivity contribution < 1.29 is 28.8 Å². The zero-order valence-electron chi connectivity index (χ0n) is 31.0. The van der Waals surface area contributed by atoms with Gasteiger partial charge in [-0.25, -0.2) is 0 Å². The van der Waals surface area contributed by atoms with Gasteiger partial charge in [-0.2, -0.15) is 0 Å². The fourth-order valence-corrected chi connectivity index (χ4v) is 5.65. The third-order valence-corrected chi connectivity index (χ3v) is 8.64. The highest BCUT2D eigenvalue weighted by Crippen LogP contribution is 2.12. The Morgan fingerprint density at radius 3 is 1.86 bits per heavy atom. The van der Waals surface area contributed by atoms with Gasteiger partial charge in [0.2, 0.25) is 35.4 Å². The van der Waals surface area contributed by atoms with E-state index in [0.29, 0.717) is 32.2 Å². The second-order valence-corrected chi connectivity index (χ2v) is 14.2. The fraction of sp³-hybridized carbons (Fsp3) is 0.794. The highest BCUT2D eigenvalue weighted by Gasteiger charge is 2.31. The molecular weight excluding hydrogens is 644 g/mol. The minimum absolute atomic E-state index is 0.0678. The molecule has 0 spiro atoms. The molecule has 5 atom stereocenters. The molecule has 1 rings (SSSR count). The number of hydrogen-bond donors (Lipinski definition) is 8. The van der Waals surface area contributed by atoms with Crippen LogP contribution in [0.4, 0.5) is 0 Å². The molecule has 0 radical (unpaired) electrons. The molecule has 1 saturated heterocycles. The summed E-state index contributed by atoms with van der Waals surface area (Å²) in [7, 11) is 0. The van der Waals surface area contributed by atoms with Gasteiger partial charge in [0, 0.05) is 19.5 Å². The van der Waals surface area contributed by atoms with Crippen molar-refractivity contribution in [2.45, 2.75) is 123 Å². The highest BCUT2D eigenvalue weighted by atomic mass is 16.2. The van der Waals surface area contributed by atoms with E-state index in [-0.39, 0.29) is 49.0 Å². The van der Waals surface area contributed by atoms with Gasteiger partial charge in [0.25, 0.3) is 0 Å². The lowest BCUT2D eigenvalue weighted by Crippen LogP contribution is -2.57. The van der Waals surface area contributed by atoms with E-state index in [9.17, 15) is 28.8 Å². The topological polar surface area (TPSA) is 256 Å². The average molecular weight is 709 g/mol. The molecule has 0 bridgehead atoms. The molecule has 16 nitrogen and oxygen atoms in total. The van der Waals surface area contributed by atoms with Gasteiger partial charge < -0.3 is 48.7 Å². The Kier molecular flexibility index (Phi) is 20.7. The first-order valence-corrected chi connectivity index (χ1v) is 18.1. The normalized spacial score (nSPS) is 16.3. The van der Waals surface area contributed by atoms with E-state index in [2.05, 4.69) is 36.5 Å². The molecule has 1 aliphatic rings. The summed E-state index contributed by atoms with van der Waals surface area (Å²) >= 11 is 0. The number of nitrogens with zero attached hydrogens (tertiary/aromatic N) is 2. The van der Waals surface area contributed by atoms with Crippen LogP contribution in [0.15, 0.2) is 4.99 Å². The van der Waals surface area contributed by atoms with Gasteiger partial charge in [0.05, 0.1) is 6.54 Å². The van der Waals surface area contributed by atoms with Gasteiger partial charge in [-0.3, -0.25) is 33.8 Å². The molecule has 16 heteroatoms. The largest absolute Gasteiger partial charge is 0.370 e. The Morgan fingerprint density at radius 1 is 0.720 bits per heavy atom. The third-order valence-electron chi connectivity index (χ3n) is 8.64. The predicted octanol–water partition coefficient (Wildman–Crippen LogP) is -0.405. The van der Waals surface area contributed by atoms with Crippen molar-refractivity contribution in [3.8, 4) is 0 Å².